The van der Waals surface area contributed by atoms with Crippen LogP contribution in [-0.4, -0.2) is 47.5 Å². The molecule has 11 heteroatoms. The second-order valence-corrected chi connectivity index (χ2v) is 9.81. The maximum absolute atomic E-state index is 12.7. The van der Waals surface area contributed by atoms with E-state index >= 15 is 0 Å². The number of rotatable bonds is 6. The summed E-state index contributed by atoms with van der Waals surface area (Å²) in [6, 6.07) is 8.76. The van der Waals surface area contributed by atoms with Gasteiger partial charge in [0.25, 0.3) is 5.91 Å². The molecular formula is C25H27F3N4O3S. The van der Waals surface area contributed by atoms with Crippen LogP contribution in [0.15, 0.2) is 36.4 Å². The molecule has 0 radical (unpaired) electrons. The number of halogens is 3. The summed E-state index contributed by atoms with van der Waals surface area (Å²) < 4.78 is 46.9. The van der Waals surface area contributed by atoms with E-state index in [1.165, 1.54) is 12.1 Å². The zero-order chi connectivity index (χ0) is 26.0. The van der Waals surface area contributed by atoms with Gasteiger partial charge in [0.05, 0.1) is 29.3 Å². The van der Waals surface area contributed by atoms with Crippen LogP contribution in [0.25, 0.3) is 10.4 Å². The van der Waals surface area contributed by atoms with Gasteiger partial charge in [-0.2, -0.15) is 0 Å². The average Bonchev–Trinajstić information content (AvgIpc) is 3.20. The van der Waals surface area contributed by atoms with E-state index in [4.69, 9.17) is 9.72 Å². The van der Waals surface area contributed by atoms with Gasteiger partial charge >= 0.3 is 6.36 Å². The topological polar surface area (TPSA) is 76.6 Å². The average molecular weight is 521 g/mol. The van der Waals surface area contributed by atoms with Crippen molar-refractivity contribution >= 4 is 22.4 Å². The van der Waals surface area contributed by atoms with E-state index in [1.54, 1.807) is 11.3 Å². The normalized spacial score (nSPS) is 18.2. The SMILES string of the molecule is Cc1cc(-c2sc(N3C[C@@H](C)O[C@@H](C)C3)nc2CNC(=O)c2ccc(OC(F)(F)F)cc2)cc(C)n1. The van der Waals surface area contributed by atoms with Gasteiger partial charge in [-0.3, -0.25) is 9.78 Å². The molecule has 0 bridgehead atoms. The van der Waals surface area contributed by atoms with Gasteiger partial charge in [0.2, 0.25) is 0 Å². The molecule has 1 aliphatic heterocycles. The lowest BCUT2D eigenvalue weighted by molar-refractivity contribution is -0.274. The summed E-state index contributed by atoms with van der Waals surface area (Å²) in [7, 11) is 0. The highest BCUT2D eigenvalue weighted by molar-refractivity contribution is 7.19. The Bertz CT molecular complexity index is 1200. The number of hydrogen-bond donors (Lipinski definition) is 1. The Kier molecular flexibility index (Phi) is 7.51. The van der Waals surface area contributed by atoms with Crippen molar-refractivity contribution in [1.82, 2.24) is 15.3 Å². The van der Waals surface area contributed by atoms with Crippen LogP contribution >= 0.6 is 11.3 Å². The molecule has 36 heavy (non-hydrogen) atoms. The predicted octanol–water partition coefficient (Wildman–Crippen LogP) is 5.26. The number of benzene rings is 1. The van der Waals surface area contributed by atoms with Crippen molar-refractivity contribution in [1.29, 1.82) is 0 Å². The largest absolute Gasteiger partial charge is 0.573 e. The molecule has 0 saturated carbocycles. The van der Waals surface area contributed by atoms with Gasteiger partial charge in [-0.1, -0.05) is 11.3 Å². The molecule has 1 aromatic carbocycles. The number of hydrogen-bond acceptors (Lipinski definition) is 7. The minimum absolute atomic E-state index is 0.0685. The van der Waals surface area contributed by atoms with Gasteiger partial charge in [-0.05, 0) is 69.7 Å². The van der Waals surface area contributed by atoms with Gasteiger partial charge < -0.3 is 19.7 Å². The third-order valence-electron chi connectivity index (χ3n) is 5.49. The number of aromatic nitrogens is 2. The lowest BCUT2D eigenvalue weighted by atomic mass is 10.1. The van der Waals surface area contributed by atoms with Gasteiger partial charge in [-0.15, -0.1) is 13.2 Å². The monoisotopic (exact) mass is 520 g/mol. The first-order valence-electron chi connectivity index (χ1n) is 11.5. The summed E-state index contributed by atoms with van der Waals surface area (Å²) >= 11 is 1.55. The molecule has 1 saturated heterocycles. The third-order valence-corrected chi connectivity index (χ3v) is 6.69. The maximum atomic E-state index is 12.7. The first-order valence-corrected chi connectivity index (χ1v) is 12.3. The number of morpholine rings is 1. The van der Waals surface area contributed by atoms with Crippen LogP contribution in [0.2, 0.25) is 0 Å². The number of alkyl halides is 3. The number of thiazole rings is 1. The van der Waals surface area contributed by atoms with E-state index in [9.17, 15) is 18.0 Å². The molecule has 4 rings (SSSR count). The zero-order valence-electron chi connectivity index (χ0n) is 20.3. The standard InChI is InChI=1S/C25H27F3N4O3S/c1-14-9-19(10-15(2)30-14)22-21(31-24(36-22)32-12-16(3)34-17(4)13-32)11-29-23(33)18-5-7-20(8-6-18)35-25(26,27)28/h5-10,16-17H,11-13H2,1-4H3,(H,29,33)/t16-,17+. The summed E-state index contributed by atoms with van der Waals surface area (Å²) in [5.74, 6) is -0.812. The number of nitrogens with zero attached hydrogens (tertiary/aromatic N) is 3. The summed E-state index contributed by atoms with van der Waals surface area (Å²) in [4.78, 5) is 25.2. The minimum Gasteiger partial charge on any atom is -0.406 e. The van der Waals surface area contributed by atoms with E-state index in [1.807, 2.05) is 39.8 Å². The Morgan fingerprint density at radius 1 is 1.11 bits per heavy atom. The Labute approximate surface area is 211 Å². The lowest BCUT2D eigenvalue weighted by Crippen LogP contribution is -2.45. The van der Waals surface area contributed by atoms with Crippen molar-refractivity contribution < 1.29 is 27.4 Å². The number of carbonyl (C=O) groups excluding carboxylic acids is 1. The van der Waals surface area contributed by atoms with Crippen LogP contribution in [0.5, 0.6) is 5.75 Å². The molecule has 1 amide bonds. The number of anilines is 1. The third kappa shape index (κ3) is 6.52. The Morgan fingerprint density at radius 2 is 1.72 bits per heavy atom. The highest BCUT2D eigenvalue weighted by atomic mass is 32.1. The molecule has 192 valence electrons. The fourth-order valence-electron chi connectivity index (χ4n) is 4.19. The van der Waals surface area contributed by atoms with Crippen molar-refractivity contribution in [2.75, 3.05) is 18.0 Å². The molecule has 1 N–H and O–H groups in total. The number of pyridine rings is 1. The quantitative estimate of drug-likeness (QED) is 0.478. The van der Waals surface area contributed by atoms with Crippen LogP contribution < -0.4 is 15.0 Å². The van der Waals surface area contributed by atoms with Gasteiger partial charge in [-0.25, -0.2) is 4.98 Å². The predicted molar refractivity (Wildman–Crippen MR) is 131 cm³/mol. The van der Waals surface area contributed by atoms with Crippen molar-refractivity contribution in [2.45, 2.75) is 52.8 Å². The van der Waals surface area contributed by atoms with Crippen molar-refractivity contribution in [3.63, 3.8) is 0 Å². The minimum atomic E-state index is -4.79. The molecule has 2 aromatic heterocycles. The van der Waals surface area contributed by atoms with E-state index in [0.29, 0.717) is 18.8 Å². The first-order chi connectivity index (χ1) is 17.0. The van der Waals surface area contributed by atoms with E-state index in [2.05, 4.69) is 19.9 Å². The zero-order valence-corrected chi connectivity index (χ0v) is 21.2. The van der Waals surface area contributed by atoms with Crippen molar-refractivity contribution in [2.24, 2.45) is 0 Å². The Hall–Kier alpha value is -3.18. The molecule has 0 spiro atoms. The number of nitrogens with one attached hydrogen (secondary N) is 1. The molecular weight excluding hydrogens is 493 g/mol. The molecule has 0 aliphatic carbocycles. The van der Waals surface area contributed by atoms with Crippen LogP contribution in [0, 0.1) is 13.8 Å². The molecule has 7 nitrogen and oxygen atoms in total. The Morgan fingerprint density at radius 3 is 2.31 bits per heavy atom. The molecule has 3 heterocycles. The molecule has 0 unspecified atom stereocenters. The Balaban J connectivity index is 1.56. The fraction of sp³-hybridized carbons (Fsp3) is 0.400. The van der Waals surface area contributed by atoms with Crippen LogP contribution in [0.1, 0.15) is 41.3 Å². The van der Waals surface area contributed by atoms with E-state index < -0.39 is 12.3 Å². The van der Waals surface area contributed by atoms with E-state index in [-0.39, 0.29) is 30.1 Å². The number of carbonyl (C=O) groups is 1. The van der Waals surface area contributed by atoms with Gasteiger partial charge in [0.15, 0.2) is 5.13 Å². The summed E-state index contributed by atoms with van der Waals surface area (Å²) in [5, 5.41) is 3.68. The molecule has 3 aromatic rings. The smallest absolute Gasteiger partial charge is 0.406 e. The summed E-state index contributed by atoms with van der Waals surface area (Å²) in [6.45, 7) is 9.49. The number of ether oxygens (including phenoxy) is 2. The maximum Gasteiger partial charge on any atom is 0.573 e. The van der Waals surface area contributed by atoms with Crippen molar-refractivity contribution in [3.05, 3.63) is 59.0 Å². The number of amides is 1. The van der Waals surface area contributed by atoms with Crippen molar-refractivity contribution in [3.8, 4) is 16.2 Å². The second kappa shape index (κ2) is 10.4. The fourth-order valence-corrected chi connectivity index (χ4v) is 5.28. The van der Waals surface area contributed by atoms with Crippen LogP contribution in [-0.2, 0) is 11.3 Å². The molecule has 2 atom stereocenters. The second-order valence-electron chi connectivity index (χ2n) is 8.83. The number of aryl methyl sites for hydroxylation is 2. The van der Waals surface area contributed by atoms with E-state index in [0.717, 1.165) is 39.1 Å². The molecule has 1 aliphatic rings. The summed E-state index contributed by atoms with van der Waals surface area (Å²) in [6.07, 6.45) is -4.65. The highest BCUT2D eigenvalue weighted by Gasteiger charge is 2.31. The van der Waals surface area contributed by atoms with Gasteiger partial charge in [0, 0.05) is 30.0 Å². The summed E-state index contributed by atoms with van der Waals surface area (Å²) in [5.41, 5.74) is 3.65. The van der Waals surface area contributed by atoms with Gasteiger partial charge in [0.1, 0.15) is 5.75 Å². The lowest BCUT2D eigenvalue weighted by Gasteiger charge is -2.35. The van der Waals surface area contributed by atoms with Crippen LogP contribution in [0.4, 0.5) is 18.3 Å². The highest BCUT2D eigenvalue weighted by Crippen LogP contribution is 2.36. The van der Waals surface area contributed by atoms with Crippen LogP contribution in [0.3, 0.4) is 0 Å². The first kappa shape index (κ1) is 25.9. The molecule has 1 fully saturated rings.